The van der Waals surface area contributed by atoms with Crippen LogP contribution in [0.5, 0.6) is 0 Å². The van der Waals surface area contributed by atoms with Gasteiger partial charge in [-0.2, -0.15) is 0 Å². The fourth-order valence-corrected chi connectivity index (χ4v) is 2.75. The van der Waals surface area contributed by atoms with E-state index in [0.717, 1.165) is 24.5 Å². The summed E-state index contributed by atoms with van der Waals surface area (Å²) in [5.41, 5.74) is 1.46. The van der Waals surface area contributed by atoms with Crippen molar-refractivity contribution in [2.75, 3.05) is 6.54 Å². The predicted octanol–water partition coefficient (Wildman–Crippen LogP) is 3.08. The van der Waals surface area contributed by atoms with Crippen LogP contribution in [-0.4, -0.2) is 11.5 Å². The molecule has 1 fully saturated rings. The summed E-state index contributed by atoms with van der Waals surface area (Å²) in [4.78, 5) is 4.33. The second kappa shape index (κ2) is 4.58. The Morgan fingerprint density at radius 1 is 1.56 bits per heavy atom. The van der Waals surface area contributed by atoms with Crippen molar-refractivity contribution in [2.24, 2.45) is 5.41 Å². The summed E-state index contributed by atoms with van der Waals surface area (Å²) in [5.74, 6) is 1.66. The number of nitrogens with one attached hydrogen (secondary N) is 1. The fourth-order valence-electron chi connectivity index (χ4n) is 2.75. The fraction of sp³-hybridized carbons (Fsp3) is 0.769. The molecule has 1 aromatic heterocycles. The third kappa shape index (κ3) is 2.14. The van der Waals surface area contributed by atoms with Gasteiger partial charge < -0.3 is 9.73 Å². The van der Waals surface area contributed by atoms with Crippen molar-refractivity contribution >= 4 is 0 Å². The maximum absolute atomic E-state index is 5.63. The van der Waals surface area contributed by atoms with E-state index < -0.39 is 0 Å². The maximum Gasteiger partial charge on any atom is 0.181 e. The molecular formula is C13H22N2O. The van der Waals surface area contributed by atoms with Crippen molar-refractivity contribution in [3.63, 3.8) is 0 Å². The summed E-state index contributed by atoms with van der Waals surface area (Å²) >= 11 is 0. The Hall–Kier alpha value is -0.830. The highest BCUT2D eigenvalue weighted by molar-refractivity contribution is 5.17. The highest BCUT2D eigenvalue weighted by Gasteiger charge is 2.38. The lowest BCUT2D eigenvalue weighted by atomic mass is 9.80. The van der Waals surface area contributed by atoms with Gasteiger partial charge >= 0.3 is 0 Å². The van der Waals surface area contributed by atoms with Gasteiger partial charge in [-0.1, -0.05) is 27.2 Å². The predicted molar refractivity (Wildman–Crippen MR) is 64.3 cm³/mol. The molecular weight excluding hydrogens is 200 g/mol. The molecule has 0 radical (unpaired) electrons. The van der Waals surface area contributed by atoms with Crippen LogP contribution in [0, 0.1) is 5.41 Å². The van der Waals surface area contributed by atoms with Gasteiger partial charge in [0.05, 0.1) is 5.69 Å². The van der Waals surface area contributed by atoms with E-state index in [-0.39, 0.29) is 0 Å². The van der Waals surface area contributed by atoms with E-state index in [2.05, 4.69) is 31.1 Å². The Bertz CT molecular complexity index is 343. The average Bonchev–Trinajstić information content (AvgIpc) is 2.80. The Balaban J connectivity index is 2.17. The molecule has 3 heteroatoms. The average molecular weight is 222 g/mol. The van der Waals surface area contributed by atoms with E-state index in [0.29, 0.717) is 11.3 Å². The first-order chi connectivity index (χ1) is 7.65. The minimum Gasteiger partial charge on any atom is -0.448 e. The highest BCUT2D eigenvalue weighted by Crippen LogP contribution is 2.49. The summed E-state index contributed by atoms with van der Waals surface area (Å²) in [6.45, 7) is 8.59. The monoisotopic (exact) mass is 222 g/mol. The summed E-state index contributed by atoms with van der Waals surface area (Å²) in [6.07, 6.45) is 5.43. The summed E-state index contributed by atoms with van der Waals surface area (Å²) in [6, 6.07) is 0. The molecule has 0 amide bonds. The number of rotatable bonds is 4. The van der Waals surface area contributed by atoms with Crippen LogP contribution >= 0.6 is 0 Å². The summed E-state index contributed by atoms with van der Waals surface area (Å²) in [5, 5.41) is 3.32. The molecule has 1 N–H and O–H groups in total. The first-order valence-electron chi connectivity index (χ1n) is 6.28. The quantitative estimate of drug-likeness (QED) is 0.850. The molecule has 0 aliphatic heterocycles. The molecule has 0 bridgehead atoms. The van der Waals surface area contributed by atoms with Crippen LogP contribution < -0.4 is 5.32 Å². The number of hydrogen-bond acceptors (Lipinski definition) is 3. The smallest absolute Gasteiger partial charge is 0.181 e. The summed E-state index contributed by atoms with van der Waals surface area (Å²) < 4.78 is 5.63. The van der Waals surface area contributed by atoms with Gasteiger partial charge in [0.25, 0.3) is 0 Å². The molecule has 1 heterocycles. The van der Waals surface area contributed by atoms with Gasteiger partial charge in [-0.15, -0.1) is 0 Å². The van der Waals surface area contributed by atoms with Gasteiger partial charge in [-0.05, 0) is 24.8 Å². The molecule has 2 rings (SSSR count). The number of oxazole rings is 1. The van der Waals surface area contributed by atoms with Crippen LogP contribution in [0.15, 0.2) is 10.8 Å². The Morgan fingerprint density at radius 2 is 2.38 bits per heavy atom. The van der Waals surface area contributed by atoms with Crippen molar-refractivity contribution in [2.45, 2.75) is 52.5 Å². The lowest BCUT2D eigenvalue weighted by Gasteiger charge is -2.25. The highest BCUT2D eigenvalue weighted by atomic mass is 16.3. The van der Waals surface area contributed by atoms with Crippen molar-refractivity contribution < 1.29 is 4.42 Å². The van der Waals surface area contributed by atoms with Gasteiger partial charge in [-0.25, -0.2) is 4.98 Å². The molecule has 0 spiro atoms. The largest absolute Gasteiger partial charge is 0.448 e. The van der Waals surface area contributed by atoms with Crippen LogP contribution in [0.2, 0.25) is 0 Å². The third-order valence-corrected chi connectivity index (χ3v) is 3.79. The van der Waals surface area contributed by atoms with E-state index in [1.807, 2.05) is 0 Å². The van der Waals surface area contributed by atoms with Crippen LogP contribution in [0.25, 0.3) is 0 Å². The first kappa shape index (κ1) is 11.6. The Morgan fingerprint density at radius 3 is 3.00 bits per heavy atom. The minimum absolute atomic E-state index is 0.362. The van der Waals surface area contributed by atoms with Crippen molar-refractivity contribution in [1.29, 1.82) is 0 Å². The molecule has 3 nitrogen and oxygen atoms in total. The van der Waals surface area contributed by atoms with Crippen molar-refractivity contribution in [3.05, 3.63) is 17.8 Å². The Kier molecular flexibility index (Phi) is 3.33. The number of hydrogen-bond donors (Lipinski definition) is 1. The summed E-state index contributed by atoms with van der Waals surface area (Å²) in [7, 11) is 0. The number of aromatic nitrogens is 1. The van der Waals surface area contributed by atoms with Crippen LogP contribution in [-0.2, 0) is 6.54 Å². The zero-order valence-corrected chi connectivity index (χ0v) is 10.5. The zero-order chi connectivity index (χ0) is 11.6. The zero-order valence-electron chi connectivity index (χ0n) is 10.5. The van der Waals surface area contributed by atoms with E-state index in [1.54, 1.807) is 6.39 Å². The second-order valence-electron chi connectivity index (χ2n) is 5.38. The molecule has 90 valence electrons. The minimum atomic E-state index is 0.362. The Labute approximate surface area is 97.6 Å². The standard InChI is InChI=1S/C13H22N2O/c1-4-14-8-11-12(16-9-15-11)10-6-5-7-13(10,2)3/h9-10,14H,4-8H2,1-3H3. The molecule has 1 aliphatic rings. The van der Waals surface area contributed by atoms with Crippen LogP contribution in [0.1, 0.15) is 57.4 Å². The molecule has 1 saturated carbocycles. The molecule has 0 saturated heterocycles. The van der Waals surface area contributed by atoms with Crippen molar-refractivity contribution in [3.8, 4) is 0 Å². The number of nitrogens with zero attached hydrogens (tertiary/aromatic N) is 1. The maximum atomic E-state index is 5.63. The molecule has 1 aromatic rings. The van der Waals surface area contributed by atoms with Crippen LogP contribution in [0.4, 0.5) is 0 Å². The van der Waals surface area contributed by atoms with E-state index in [4.69, 9.17) is 4.42 Å². The molecule has 1 aliphatic carbocycles. The van der Waals surface area contributed by atoms with E-state index in [1.165, 1.54) is 19.3 Å². The lowest BCUT2D eigenvalue weighted by Crippen LogP contribution is -2.19. The van der Waals surface area contributed by atoms with Gasteiger partial charge in [0.15, 0.2) is 6.39 Å². The molecule has 1 atom stereocenters. The molecule has 1 unspecified atom stereocenters. The SMILES string of the molecule is CCNCc1ncoc1C1CCCC1(C)C. The third-order valence-electron chi connectivity index (χ3n) is 3.79. The van der Waals surface area contributed by atoms with Gasteiger partial charge in [-0.3, -0.25) is 0 Å². The van der Waals surface area contributed by atoms with E-state index in [9.17, 15) is 0 Å². The van der Waals surface area contributed by atoms with Crippen molar-refractivity contribution in [1.82, 2.24) is 10.3 Å². The molecule has 16 heavy (non-hydrogen) atoms. The van der Waals surface area contributed by atoms with Crippen LogP contribution in [0.3, 0.4) is 0 Å². The van der Waals surface area contributed by atoms with Gasteiger partial charge in [0, 0.05) is 12.5 Å². The lowest BCUT2D eigenvalue weighted by molar-refractivity contribution is 0.291. The first-order valence-corrected chi connectivity index (χ1v) is 6.28. The van der Waals surface area contributed by atoms with Gasteiger partial charge in [0.2, 0.25) is 0 Å². The topological polar surface area (TPSA) is 38.1 Å². The normalized spacial score (nSPS) is 23.8. The van der Waals surface area contributed by atoms with Gasteiger partial charge in [0.1, 0.15) is 5.76 Å². The molecule has 0 aromatic carbocycles. The van der Waals surface area contributed by atoms with E-state index >= 15 is 0 Å². The second-order valence-corrected chi connectivity index (χ2v) is 5.38.